The standard InChI is InChI=1S/C26H26N2O2/c1-20-7-5-11-24(27-20)17-21-13-15-28(16-14-21)26(29)23-10-6-12-25(18-23)30-19-22-8-3-2-4-9-22/h2-12,17-18H,13-16,19H2,1H3. The molecule has 0 spiro atoms. The molecule has 2 aromatic carbocycles. The number of aryl methyl sites for hydroxylation is 1. The topological polar surface area (TPSA) is 42.4 Å². The maximum Gasteiger partial charge on any atom is 0.254 e. The average Bonchev–Trinajstić information content (AvgIpc) is 2.79. The second-order valence-electron chi connectivity index (χ2n) is 7.60. The summed E-state index contributed by atoms with van der Waals surface area (Å²) in [6.07, 6.45) is 3.92. The molecular formula is C26H26N2O2. The highest BCUT2D eigenvalue weighted by atomic mass is 16.5. The average molecular weight is 399 g/mol. The lowest BCUT2D eigenvalue weighted by molar-refractivity contribution is 0.0743. The predicted octanol–water partition coefficient (Wildman–Crippen LogP) is 5.29. The third-order valence-corrected chi connectivity index (χ3v) is 5.28. The second kappa shape index (κ2) is 9.40. The van der Waals surface area contributed by atoms with Gasteiger partial charge in [0, 0.05) is 24.3 Å². The SMILES string of the molecule is Cc1cccc(C=C2CCN(C(=O)c3cccc(OCc4ccccc4)c3)CC2)n1. The minimum Gasteiger partial charge on any atom is -0.489 e. The number of rotatable bonds is 5. The summed E-state index contributed by atoms with van der Waals surface area (Å²) in [5, 5.41) is 0. The van der Waals surface area contributed by atoms with Crippen LogP contribution in [0.1, 0.15) is 40.2 Å². The van der Waals surface area contributed by atoms with Gasteiger partial charge in [-0.15, -0.1) is 0 Å². The van der Waals surface area contributed by atoms with E-state index in [4.69, 9.17) is 4.74 Å². The molecule has 30 heavy (non-hydrogen) atoms. The maximum atomic E-state index is 13.0. The Bertz CT molecular complexity index is 1030. The molecule has 3 aromatic rings. The van der Waals surface area contributed by atoms with E-state index in [1.807, 2.05) is 84.6 Å². The first kappa shape index (κ1) is 19.9. The molecule has 0 unspecified atom stereocenters. The van der Waals surface area contributed by atoms with Gasteiger partial charge in [-0.1, -0.05) is 48.0 Å². The lowest BCUT2D eigenvalue weighted by atomic mass is 10.0. The smallest absolute Gasteiger partial charge is 0.254 e. The predicted molar refractivity (Wildman–Crippen MR) is 119 cm³/mol. The first-order valence-corrected chi connectivity index (χ1v) is 10.4. The Morgan fingerprint density at radius 1 is 1.00 bits per heavy atom. The molecule has 4 heteroatoms. The number of ether oxygens (including phenoxy) is 1. The molecule has 1 saturated heterocycles. The number of carbonyl (C=O) groups excluding carboxylic acids is 1. The van der Waals surface area contributed by atoms with Crippen LogP contribution in [0.25, 0.3) is 6.08 Å². The van der Waals surface area contributed by atoms with E-state index in [1.165, 1.54) is 5.57 Å². The second-order valence-corrected chi connectivity index (χ2v) is 7.60. The lowest BCUT2D eigenvalue weighted by Crippen LogP contribution is -2.36. The Balaban J connectivity index is 1.36. The van der Waals surface area contributed by atoms with Gasteiger partial charge in [0.2, 0.25) is 0 Å². The third-order valence-electron chi connectivity index (χ3n) is 5.28. The number of piperidine rings is 1. The Kier molecular flexibility index (Phi) is 6.23. The van der Waals surface area contributed by atoms with Crippen LogP contribution in [0, 0.1) is 6.92 Å². The Labute approximate surface area is 177 Å². The minimum atomic E-state index is 0.0629. The van der Waals surface area contributed by atoms with E-state index in [-0.39, 0.29) is 5.91 Å². The zero-order valence-electron chi connectivity index (χ0n) is 17.3. The summed E-state index contributed by atoms with van der Waals surface area (Å²) in [7, 11) is 0. The summed E-state index contributed by atoms with van der Waals surface area (Å²) >= 11 is 0. The fourth-order valence-corrected chi connectivity index (χ4v) is 3.64. The van der Waals surface area contributed by atoms with Gasteiger partial charge in [0.1, 0.15) is 12.4 Å². The van der Waals surface area contributed by atoms with E-state index < -0.39 is 0 Å². The van der Waals surface area contributed by atoms with Crippen LogP contribution >= 0.6 is 0 Å². The number of hydrogen-bond donors (Lipinski definition) is 0. The summed E-state index contributed by atoms with van der Waals surface area (Å²) in [6.45, 7) is 3.95. The van der Waals surface area contributed by atoms with Crippen molar-refractivity contribution < 1.29 is 9.53 Å². The summed E-state index contributed by atoms with van der Waals surface area (Å²) in [5.41, 5.74) is 5.14. The van der Waals surface area contributed by atoms with Gasteiger partial charge in [0.05, 0.1) is 5.69 Å². The van der Waals surface area contributed by atoms with Gasteiger partial charge >= 0.3 is 0 Å². The zero-order valence-corrected chi connectivity index (χ0v) is 17.3. The van der Waals surface area contributed by atoms with Crippen molar-refractivity contribution in [1.29, 1.82) is 0 Å². The molecule has 4 nitrogen and oxygen atoms in total. The Morgan fingerprint density at radius 2 is 1.77 bits per heavy atom. The molecule has 1 aliphatic rings. The van der Waals surface area contributed by atoms with E-state index in [0.29, 0.717) is 17.9 Å². The van der Waals surface area contributed by atoms with E-state index in [2.05, 4.69) is 11.1 Å². The fraction of sp³-hybridized carbons (Fsp3) is 0.231. The van der Waals surface area contributed by atoms with Crippen molar-refractivity contribution in [2.75, 3.05) is 13.1 Å². The summed E-state index contributed by atoms with van der Waals surface area (Å²) < 4.78 is 5.88. The van der Waals surface area contributed by atoms with E-state index in [9.17, 15) is 4.79 Å². The molecule has 1 aromatic heterocycles. The van der Waals surface area contributed by atoms with Crippen molar-refractivity contribution in [3.05, 3.63) is 101 Å². The van der Waals surface area contributed by atoms with Gasteiger partial charge < -0.3 is 9.64 Å². The first-order chi connectivity index (χ1) is 14.7. The molecule has 0 saturated carbocycles. The highest BCUT2D eigenvalue weighted by Crippen LogP contribution is 2.22. The van der Waals surface area contributed by atoms with Crippen molar-refractivity contribution in [3.8, 4) is 5.75 Å². The van der Waals surface area contributed by atoms with Crippen molar-refractivity contribution in [1.82, 2.24) is 9.88 Å². The van der Waals surface area contributed by atoms with Crippen molar-refractivity contribution in [3.63, 3.8) is 0 Å². The number of carbonyl (C=O) groups is 1. The largest absolute Gasteiger partial charge is 0.489 e. The van der Waals surface area contributed by atoms with Gasteiger partial charge in [-0.25, -0.2) is 0 Å². The van der Waals surface area contributed by atoms with Gasteiger partial charge in [0.15, 0.2) is 0 Å². The van der Waals surface area contributed by atoms with E-state index in [0.717, 1.165) is 42.9 Å². The molecule has 4 rings (SSSR count). The van der Waals surface area contributed by atoms with Gasteiger partial charge in [-0.05, 0) is 61.7 Å². The number of benzene rings is 2. The highest BCUT2D eigenvalue weighted by molar-refractivity contribution is 5.94. The van der Waals surface area contributed by atoms with E-state index >= 15 is 0 Å². The lowest BCUT2D eigenvalue weighted by Gasteiger charge is -2.28. The van der Waals surface area contributed by atoms with Crippen molar-refractivity contribution in [2.24, 2.45) is 0 Å². The molecular weight excluding hydrogens is 372 g/mol. The molecule has 0 N–H and O–H groups in total. The van der Waals surface area contributed by atoms with Crippen LogP contribution in [0.3, 0.4) is 0 Å². The molecule has 2 heterocycles. The summed E-state index contributed by atoms with van der Waals surface area (Å²) in [6, 6.07) is 23.6. The Hall–Kier alpha value is -3.40. The van der Waals surface area contributed by atoms with Crippen molar-refractivity contribution in [2.45, 2.75) is 26.4 Å². The minimum absolute atomic E-state index is 0.0629. The number of nitrogens with zero attached hydrogens (tertiary/aromatic N) is 2. The van der Waals surface area contributed by atoms with Crippen LogP contribution in [0.4, 0.5) is 0 Å². The molecule has 0 bridgehead atoms. The fourth-order valence-electron chi connectivity index (χ4n) is 3.64. The quantitative estimate of drug-likeness (QED) is 0.587. The van der Waals surface area contributed by atoms with Gasteiger partial charge in [-0.2, -0.15) is 0 Å². The molecule has 152 valence electrons. The van der Waals surface area contributed by atoms with Gasteiger partial charge in [-0.3, -0.25) is 9.78 Å². The normalized spacial score (nSPS) is 13.8. The number of aromatic nitrogens is 1. The van der Waals surface area contributed by atoms with Crippen LogP contribution < -0.4 is 4.74 Å². The Morgan fingerprint density at radius 3 is 2.53 bits per heavy atom. The molecule has 1 fully saturated rings. The van der Waals surface area contributed by atoms with Gasteiger partial charge in [0.25, 0.3) is 5.91 Å². The molecule has 0 atom stereocenters. The van der Waals surface area contributed by atoms with Crippen LogP contribution in [-0.4, -0.2) is 28.9 Å². The van der Waals surface area contributed by atoms with Crippen LogP contribution in [0.2, 0.25) is 0 Å². The monoisotopic (exact) mass is 398 g/mol. The third kappa shape index (κ3) is 5.15. The molecule has 1 amide bonds. The highest BCUT2D eigenvalue weighted by Gasteiger charge is 2.20. The van der Waals surface area contributed by atoms with E-state index in [1.54, 1.807) is 0 Å². The number of likely N-dealkylation sites (tertiary alicyclic amines) is 1. The number of pyridine rings is 1. The molecule has 0 aliphatic carbocycles. The summed E-state index contributed by atoms with van der Waals surface area (Å²) in [5.74, 6) is 0.778. The number of amides is 1. The van der Waals surface area contributed by atoms with Crippen LogP contribution in [0.15, 0.2) is 78.4 Å². The summed E-state index contributed by atoms with van der Waals surface area (Å²) in [4.78, 5) is 19.4. The molecule has 0 radical (unpaired) electrons. The van der Waals surface area contributed by atoms with Crippen LogP contribution in [0.5, 0.6) is 5.75 Å². The van der Waals surface area contributed by atoms with Crippen molar-refractivity contribution >= 4 is 12.0 Å². The zero-order chi connectivity index (χ0) is 20.8. The number of hydrogen-bond acceptors (Lipinski definition) is 3. The first-order valence-electron chi connectivity index (χ1n) is 10.4. The molecule has 1 aliphatic heterocycles. The van der Waals surface area contributed by atoms with Crippen LogP contribution in [-0.2, 0) is 6.61 Å². The maximum absolute atomic E-state index is 13.0.